The molecule has 7 nitrogen and oxygen atoms in total. The number of piperidine rings is 1. The number of benzene rings is 1. The molecular weight excluding hydrogens is 284 g/mol. The van der Waals surface area contributed by atoms with Gasteiger partial charge in [0.2, 0.25) is 0 Å². The van der Waals surface area contributed by atoms with E-state index in [0.717, 1.165) is 12.8 Å². The summed E-state index contributed by atoms with van der Waals surface area (Å²) in [4.78, 5) is 20.0. The molecule has 1 aliphatic rings. The molecule has 3 rings (SSSR count). The number of hydrogen-bond acceptors (Lipinski definition) is 5. The second-order valence-electron chi connectivity index (χ2n) is 5.75. The highest BCUT2D eigenvalue weighted by atomic mass is 16.4. The molecule has 2 aromatic rings. The Morgan fingerprint density at radius 1 is 1.50 bits per heavy atom. The Balaban J connectivity index is 1.74. The van der Waals surface area contributed by atoms with E-state index < -0.39 is 6.10 Å². The van der Waals surface area contributed by atoms with E-state index in [-0.39, 0.29) is 6.03 Å². The van der Waals surface area contributed by atoms with Gasteiger partial charge in [-0.1, -0.05) is 0 Å². The lowest BCUT2D eigenvalue weighted by Crippen LogP contribution is -2.44. The van der Waals surface area contributed by atoms with E-state index in [1.54, 1.807) is 28.0 Å². The van der Waals surface area contributed by atoms with Crippen LogP contribution in [0, 0.1) is 0 Å². The molecule has 1 atom stereocenters. The highest BCUT2D eigenvalue weighted by molar-refractivity contribution is 5.92. The molecule has 1 fully saturated rings. The van der Waals surface area contributed by atoms with Crippen molar-refractivity contribution in [3.05, 3.63) is 18.2 Å². The molecule has 0 aliphatic carbocycles. The van der Waals surface area contributed by atoms with Gasteiger partial charge in [-0.05, 0) is 31.0 Å². The lowest BCUT2D eigenvalue weighted by atomic mass is 10.1. The van der Waals surface area contributed by atoms with Crippen molar-refractivity contribution in [1.29, 1.82) is 0 Å². The fraction of sp³-hybridized carbons (Fsp3) is 0.467. The number of fused-ring (bicyclic) bond motifs is 1. The van der Waals surface area contributed by atoms with Crippen LogP contribution in [0.25, 0.3) is 11.1 Å². The molecular formula is C15H20N4O3. The summed E-state index contributed by atoms with van der Waals surface area (Å²) >= 11 is 0. The summed E-state index contributed by atoms with van der Waals surface area (Å²) in [6.07, 6.45) is 1.14. The number of β-amino-alcohol motifs (C(OH)–C–C–N with tert-alkyl or cyclic N) is 1. The molecule has 118 valence electrons. The van der Waals surface area contributed by atoms with Crippen LogP contribution in [-0.4, -0.2) is 54.3 Å². The normalized spacial score (nSPS) is 18.5. The Bertz CT molecular complexity index is 682. The van der Waals surface area contributed by atoms with Gasteiger partial charge in [-0.3, -0.25) is 0 Å². The third-order valence-corrected chi connectivity index (χ3v) is 3.69. The van der Waals surface area contributed by atoms with Crippen molar-refractivity contribution in [3.8, 4) is 0 Å². The zero-order chi connectivity index (χ0) is 15.7. The molecule has 0 radical (unpaired) electrons. The van der Waals surface area contributed by atoms with Gasteiger partial charge in [0.1, 0.15) is 5.52 Å². The first-order valence-corrected chi connectivity index (χ1v) is 7.35. The first kappa shape index (κ1) is 14.6. The van der Waals surface area contributed by atoms with Crippen LogP contribution in [0.4, 0.5) is 16.5 Å². The van der Waals surface area contributed by atoms with E-state index in [1.165, 1.54) is 0 Å². The molecule has 1 unspecified atom stereocenters. The van der Waals surface area contributed by atoms with Gasteiger partial charge in [0, 0.05) is 32.9 Å². The second-order valence-corrected chi connectivity index (χ2v) is 5.75. The molecule has 22 heavy (non-hydrogen) atoms. The fourth-order valence-corrected chi connectivity index (χ4v) is 2.53. The highest BCUT2D eigenvalue weighted by Gasteiger charge is 2.22. The third kappa shape index (κ3) is 2.99. The standard InChI is InChI=1S/C15H20N4O3/c1-18(2)15-17-12-8-10(5-6-13(12)22-15)16-14(21)19-7-3-4-11(20)9-19/h5-6,8,11,20H,3-4,7,9H2,1-2H3,(H,16,21). The number of aromatic nitrogens is 1. The summed E-state index contributed by atoms with van der Waals surface area (Å²) in [5, 5.41) is 12.5. The smallest absolute Gasteiger partial charge is 0.321 e. The molecule has 0 spiro atoms. The minimum absolute atomic E-state index is 0.200. The fourth-order valence-electron chi connectivity index (χ4n) is 2.53. The summed E-state index contributed by atoms with van der Waals surface area (Å²) < 4.78 is 5.58. The van der Waals surface area contributed by atoms with Gasteiger partial charge >= 0.3 is 6.03 Å². The summed E-state index contributed by atoms with van der Waals surface area (Å²) in [6, 6.07) is 5.68. The molecule has 0 bridgehead atoms. The highest BCUT2D eigenvalue weighted by Crippen LogP contribution is 2.24. The number of likely N-dealkylation sites (tertiary alicyclic amines) is 1. The topological polar surface area (TPSA) is 81.8 Å². The van der Waals surface area contributed by atoms with Gasteiger partial charge < -0.3 is 24.6 Å². The summed E-state index contributed by atoms with van der Waals surface area (Å²) in [6.45, 7) is 1.04. The quantitative estimate of drug-likeness (QED) is 0.885. The number of aliphatic hydroxyl groups excluding tert-OH is 1. The number of rotatable bonds is 2. The van der Waals surface area contributed by atoms with E-state index in [9.17, 15) is 9.90 Å². The lowest BCUT2D eigenvalue weighted by molar-refractivity contribution is 0.0883. The van der Waals surface area contributed by atoms with Crippen molar-refractivity contribution in [2.24, 2.45) is 0 Å². The average Bonchev–Trinajstić information content (AvgIpc) is 2.90. The molecule has 2 N–H and O–H groups in total. The van der Waals surface area contributed by atoms with Crippen LogP contribution >= 0.6 is 0 Å². The van der Waals surface area contributed by atoms with E-state index in [1.807, 2.05) is 14.1 Å². The number of aliphatic hydroxyl groups is 1. The number of nitrogens with zero attached hydrogens (tertiary/aromatic N) is 3. The molecule has 1 aromatic heterocycles. The van der Waals surface area contributed by atoms with Gasteiger partial charge in [-0.15, -0.1) is 0 Å². The van der Waals surface area contributed by atoms with Gasteiger partial charge in [-0.2, -0.15) is 4.98 Å². The molecule has 1 aromatic carbocycles. The minimum atomic E-state index is -0.430. The number of hydrogen-bond donors (Lipinski definition) is 2. The predicted molar refractivity (Wildman–Crippen MR) is 84.2 cm³/mol. The first-order valence-electron chi connectivity index (χ1n) is 7.35. The molecule has 0 saturated carbocycles. The largest absolute Gasteiger partial charge is 0.423 e. The number of anilines is 2. The molecule has 2 heterocycles. The van der Waals surface area contributed by atoms with Gasteiger partial charge in [0.05, 0.1) is 6.10 Å². The first-order chi connectivity index (χ1) is 10.5. The van der Waals surface area contributed by atoms with Crippen LogP contribution < -0.4 is 10.2 Å². The zero-order valence-corrected chi connectivity index (χ0v) is 12.7. The number of nitrogens with one attached hydrogen (secondary N) is 1. The SMILES string of the molecule is CN(C)c1nc2cc(NC(=O)N3CCCC(O)C3)ccc2o1. The zero-order valence-electron chi connectivity index (χ0n) is 12.7. The van der Waals surface area contributed by atoms with Crippen molar-refractivity contribution in [2.45, 2.75) is 18.9 Å². The average molecular weight is 304 g/mol. The molecule has 7 heteroatoms. The summed E-state index contributed by atoms with van der Waals surface area (Å²) in [5.74, 6) is 0. The Kier molecular flexibility index (Phi) is 3.89. The van der Waals surface area contributed by atoms with E-state index in [0.29, 0.717) is 35.9 Å². The Morgan fingerprint density at radius 2 is 2.32 bits per heavy atom. The lowest BCUT2D eigenvalue weighted by Gasteiger charge is -2.30. The van der Waals surface area contributed by atoms with Crippen molar-refractivity contribution in [3.63, 3.8) is 0 Å². The van der Waals surface area contributed by atoms with Crippen LogP contribution in [-0.2, 0) is 0 Å². The van der Waals surface area contributed by atoms with Crippen molar-refractivity contribution < 1.29 is 14.3 Å². The van der Waals surface area contributed by atoms with Crippen LogP contribution in [0.5, 0.6) is 0 Å². The Morgan fingerprint density at radius 3 is 3.05 bits per heavy atom. The predicted octanol–water partition coefficient (Wildman–Crippen LogP) is 1.88. The van der Waals surface area contributed by atoms with Crippen LogP contribution in [0.1, 0.15) is 12.8 Å². The summed E-state index contributed by atoms with van der Waals surface area (Å²) in [5.41, 5.74) is 2.03. The van der Waals surface area contributed by atoms with E-state index >= 15 is 0 Å². The maximum Gasteiger partial charge on any atom is 0.321 e. The van der Waals surface area contributed by atoms with E-state index in [4.69, 9.17) is 4.42 Å². The van der Waals surface area contributed by atoms with Crippen molar-refractivity contribution in [1.82, 2.24) is 9.88 Å². The van der Waals surface area contributed by atoms with Crippen LogP contribution in [0.3, 0.4) is 0 Å². The Hall–Kier alpha value is -2.28. The number of carbonyl (C=O) groups excluding carboxylic acids is 1. The number of amides is 2. The van der Waals surface area contributed by atoms with Crippen LogP contribution in [0.15, 0.2) is 22.6 Å². The van der Waals surface area contributed by atoms with Gasteiger partial charge in [0.25, 0.3) is 6.01 Å². The molecule has 2 amide bonds. The van der Waals surface area contributed by atoms with Gasteiger partial charge in [-0.25, -0.2) is 4.79 Å². The van der Waals surface area contributed by atoms with Gasteiger partial charge in [0.15, 0.2) is 5.58 Å². The molecule has 1 aliphatic heterocycles. The van der Waals surface area contributed by atoms with Crippen molar-refractivity contribution in [2.75, 3.05) is 37.4 Å². The van der Waals surface area contributed by atoms with Crippen molar-refractivity contribution >= 4 is 28.8 Å². The minimum Gasteiger partial charge on any atom is -0.423 e. The molecule has 1 saturated heterocycles. The van der Waals surface area contributed by atoms with Crippen LogP contribution in [0.2, 0.25) is 0 Å². The van der Waals surface area contributed by atoms with E-state index in [2.05, 4.69) is 10.3 Å². The Labute approximate surface area is 128 Å². The summed E-state index contributed by atoms with van der Waals surface area (Å²) in [7, 11) is 3.71. The second kappa shape index (κ2) is 5.84. The maximum atomic E-state index is 12.2. The monoisotopic (exact) mass is 304 g/mol. The number of urea groups is 1. The third-order valence-electron chi connectivity index (χ3n) is 3.69. The number of carbonyl (C=O) groups is 1. The number of oxazole rings is 1. The maximum absolute atomic E-state index is 12.2.